The first-order chi connectivity index (χ1) is 9.11. The van der Waals surface area contributed by atoms with E-state index in [0.29, 0.717) is 6.04 Å². The van der Waals surface area contributed by atoms with Gasteiger partial charge in [-0.05, 0) is 61.9 Å². The lowest BCUT2D eigenvalue weighted by Crippen LogP contribution is -2.23. The molecule has 0 bridgehead atoms. The van der Waals surface area contributed by atoms with Crippen molar-refractivity contribution in [2.75, 3.05) is 6.54 Å². The van der Waals surface area contributed by atoms with Crippen molar-refractivity contribution in [1.29, 1.82) is 0 Å². The van der Waals surface area contributed by atoms with Crippen molar-refractivity contribution in [2.24, 2.45) is 0 Å². The Balaban J connectivity index is 2.26. The quantitative estimate of drug-likeness (QED) is 0.841. The summed E-state index contributed by atoms with van der Waals surface area (Å²) in [5, 5.41) is 5.82. The van der Waals surface area contributed by atoms with E-state index in [2.05, 4.69) is 62.7 Å². The van der Waals surface area contributed by atoms with Crippen LogP contribution in [0.4, 0.5) is 0 Å². The topological polar surface area (TPSA) is 12.0 Å². The predicted molar refractivity (Wildman–Crippen MR) is 85.1 cm³/mol. The minimum absolute atomic E-state index is 0.428. The molecule has 19 heavy (non-hydrogen) atoms. The summed E-state index contributed by atoms with van der Waals surface area (Å²) in [4.78, 5) is 1.43. The Hall–Kier alpha value is -1.12. The number of likely N-dealkylation sites (N-methyl/N-ethyl adjacent to an activating group) is 1. The third-order valence-electron chi connectivity index (χ3n) is 3.65. The number of aryl methyl sites for hydroxylation is 3. The normalized spacial score (nSPS) is 12.6. The fraction of sp³-hybridized carbons (Fsp3) is 0.412. The molecule has 0 aliphatic rings. The van der Waals surface area contributed by atoms with E-state index in [9.17, 15) is 0 Å². The lowest BCUT2D eigenvalue weighted by Gasteiger charge is -2.19. The average molecular weight is 273 g/mol. The molecule has 1 atom stereocenters. The molecule has 0 spiro atoms. The SMILES string of the molecule is CCNC(Cc1cc(C)ccc1C)c1ccsc1C. The van der Waals surface area contributed by atoms with Gasteiger partial charge in [-0.15, -0.1) is 11.3 Å². The molecule has 0 aliphatic heterocycles. The lowest BCUT2D eigenvalue weighted by atomic mass is 9.95. The van der Waals surface area contributed by atoms with Gasteiger partial charge >= 0.3 is 0 Å². The number of thiophene rings is 1. The predicted octanol–water partition coefficient (Wildman–Crippen LogP) is 4.57. The first kappa shape index (κ1) is 14.3. The molecule has 2 rings (SSSR count). The molecule has 1 heterocycles. The van der Waals surface area contributed by atoms with Crippen LogP contribution >= 0.6 is 11.3 Å². The van der Waals surface area contributed by atoms with Crippen LogP contribution in [0.15, 0.2) is 29.6 Å². The van der Waals surface area contributed by atoms with Crippen molar-refractivity contribution in [3.05, 3.63) is 56.8 Å². The lowest BCUT2D eigenvalue weighted by molar-refractivity contribution is 0.548. The van der Waals surface area contributed by atoms with E-state index in [1.165, 1.54) is 27.1 Å². The van der Waals surface area contributed by atoms with Crippen molar-refractivity contribution in [3.8, 4) is 0 Å². The van der Waals surface area contributed by atoms with Crippen LogP contribution in [0.5, 0.6) is 0 Å². The van der Waals surface area contributed by atoms with E-state index < -0.39 is 0 Å². The van der Waals surface area contributed by atoms with Gasteiger partial charge < -0.3 is 5.32 Å². The maximum absolute atomic E-state index is 3.63. The molecule has 1 N–H and O–H groups in total. The van der Waals surface area contributed by atoms with Gasteiger partial charge in [-0.2, -0.15) is 0 Å². The second kappa shape index (κ2) is 6.36. The van der Waals surface area contributed by atoms with Crippen LogP contribution in [0.1, 0.15) is 40.1 Å². The fourth-order valence-electron chi connectivity index (χ4n) is 2.53. The fourth-order valence-corrected chi connectivity index (χ4v) is 3.30. The van der Waals surface area contributed by atoms with Crippen LogP contribution in [0.3, 0.4) is 0 Å². The van der Waals surface area contributed by atoms with Gasteiger partial charge in [0.1, 0.15) is 0 Å². The molecule has 2 aromatic rings. The van der Waals surface area contributed by atoms with E-state index in [4.69, 9.17) is 0 Å². The van der Waals surface area contributed by atoms with Crippen molar-refractivity contribution < 1.29 is 0 Å². The molecular formula is C17H23NS. The van der Waals surface area contributed by atoms with Gasteiger partial charge in [-0.1, -0.05) is 30.7 Å². The van der Waals surface area contributed by atoms with E-state index in [1.54, 1.807) is 0 Å². The summed E-state index contributed by atoms with van der Waals surface area (Å²) < 4.78 is 0. The van der Waals surface area contributed by atoms with E-state index in [-0.39, 0.29) is 0 Å². The molecule has 1 aromatic heterocycles. The smallest absolute Gasteiger partial charge is 0.0371 e. The van der Waals surface area contributed by atoms with Gasteiger partial charge in [0.2, 0.25) is 0 Å². The number of hydrogen-bond acceptors (Lipinski definition) is 2. The van der Waals surface area contributed by atoms with E-state index in [1.807, 2.05) is 11.3 Å². The Labute approximate surface area is 120 Å². The highest BCUT2D eigenvalue weighted by molar-refractivity contribution is 7.10. The summed E-state index contributed by atoms with van der Waals surface area (Å²) in [5.74, 6) is 0. The summed E-state index contributed by atoms with van der Waals surface area (Å²) in [7, 11) is 0. The Bertz CT molecular complexity index is 542. The number of hydrogen-bond donors (Lipinski definition) is 1. The number of benzene rings is 1. The van der Waals surface area contributed by atoms with Crippen LogP contribution in [0, 0.1) is 20.8 Å². The first-order valence-electron chi connectivity index (χ1n) is 6.95. The van der Waals surface area contributed by atoms with Gasteiger partial charge in [-0.3, -0.25) is 0 Å². The van der Waals surface area contributed by atoms with Crippen molar-refractivity contribution in [2.45, 2.75) is 40.2 Å². The van der Waals surface area contributed by atoms with E-state index >= 15 is 0 Å². The van der Waals surface area contributed by atoms with Gasteiger partial charge in [0.15, 0.2) is 0 Å². The third-order valence-corrected chi connectivity index (χ3v) is 4.51. The Kier molecular flexibility index (Phi) is 4.78. The highest BCUT2D eigenvalue weighted by atomic mass is 32.1. The highest BCUT2D eigenvalue weighted by Gasteiger charge is 2.15. The molecule has 1 unspecified atom stereocenters. The van der Waals surface area contributed by atoms with E-state index in [0.717, 1.165) is 13.0 Å². The second-order valence-corrected chi connectivity index (χ2v) is 6.30. The minimum Gasteiger partial charge on any atom is -0.310 e. The largest absolute Gasteiger partial charge is 0.310 e. The maximum Gasteiger partial charge on any atom is 0.0371 e. The summed E-state index contributed by atoms with van der Waals surface area (Å²) in [6.45, 7) is 9.77. The molecule has 0 saturated heterocycles. The Morgan fingerprint density at radius 2 is 1.95 bits per heavy atom. The third kappa shape index (κ3) is 3.46. The number of rotatable bonds is 5. The minimum atomic E-state index is 0.428. The molecule has 0 saturated carbocycles. The monoisotopic (exact) mass is 273 g/mol. The van der Waals surface area contributed by atoms with Crippen LogP contribution in [0.2, 0.25) is 0 Å². The van der Waals surface area contributed by atoms with Gasteiger partial charge in [0.25, 0.3) is 0 Å². The zero-order valence-electron chi connectivity index (χ0n) is 12.3. The molecule has 0 radical (unpaired) electrons. The molecule has 0 fully saturated rings. The Morgan fingerprint density at radius 3 is 2.58 bits per heavy atom. The van der Waals surface area contributed by atoms with Crippen molar-refractivity contribution >= 4 is 11.3 Å². The van der Waals surface area contributed by atoms with Crippen molar-refractivity contribution in [3.63, 3.8) is 0 Å². The van der Waals surface area contributed by atoms with Crippen molar-refractivity contribution in [1.82, 2.24) is 5.32 Å². The zero-order valence-corrected chi connectivity index (χ0v) is 13.1. The molecule has 2 heteroatoms. The van der Waals surface area contributed by atoms with Crippen LogP contribution in [-0.4, -0.2) is 6.54 Å². The second-order valence-electron chi connectivity index (χ2n) is 5.18. The zero-order chi connectivity index (χ0) is 13.8. The summed E-state index contributed by atoms with van der Waals surface area (Å²) in [6, 6.07) is 9.43. The molecule has 0 aliphatic carbocycles. The van der Waals surface area contributed by atoms with Gasteiger partial charge in [0, 0.05) is 10.9 Å². The molecule has 1 aromatic carbocycles. The van der Waals surface area contributed by atoms with Gasteiger partial charge in [0.05, 0.1) is 0 Å². The average Bonchev–Trinajstić information content (AvgIpc) is 2.79. The highest BCUT2D eigenvalue weighted by Crippen LogP contribution is 2.26. The van der Waals surface area contributed by atoms with Gasteiger partial charge in [-0.25, -0.2) is 0 Å². The summed E-state index contributed by atoms with van der Waals surface area (Å²) >= 11 is 1.84. The summed E-state index contributed by atoms with van der Waals surface area (Å²) in [6.07, 6.45) is 1.07. The summed E-state index contributed by atoms with van der Waals surface area (Å²) in [5.41, 5.74) is 5.64. The first-order valence-corrected chi connectivity index (χ1v) is 7.83. The standard InChI is InChI=1S/C17H23NS/c1-5-18-17(16-8-9-19-14(16)4)11-15-10-12(2)6-7-13(15)3/h6-10,17-18H,5,11H2,1-4H3. The maximum atomic E-state index is 3.63. The Morgan fingerprint density at radius 1 is 1.16 bits per heavy atom. The molecule has 1 nitrogen and oxygen atoms in total. The van der Waals surface area contributed by atoms with Crippen LogP contribution < -0.4 is 5.32 Å². The molecular weight excluding hydrogens is 250 g/mol. The van der Waals surface area contributed by atoms with Crippen LogP contribution in [-0.2, 0) is 6.42 Å². The van der Waals surface area contributed by atoms with Crippen LogP contribution in [0.25, 0.3) is 0 Å². The molecule has 0 amide bonds. The molecule has 102 valence electrons. The number of nitrogens with one attached hydrogen (secondary N) is 1.